The third-order valence-corrected chi connectivity index (χ3v) is 4.48. The van der Waals surface area contributed by atoms with Crippen LogP contribution >= 0.6 is 0 Å². The first-order valence-electron chi connectivity index (χ1n) is 8.23. The average molecular weight is 337 g/mol. The van der Waals surface area contributed by atoms with Crippen molar-refractivity contribution < 1.29 is 9.53 Å². The molecule has 0 bridgehead atoms. The Morgan fingerprint density at radius 1 is 1.24 bits per heavy atom. The molecule has 3 heterocycles. The quantitative estimate of drug-likeness (QED) is 0.678. The minimum absolute atomic E-state index is 0.181. The Hall–Kier alpha value is -2.77. The second-order valence-electron chi connectivity index (χ2n) is 6.25. The van der Waals surface area contributed by atoms with Crippen molar-refractivity contribution in [2.75, 3.05) is 18.5 Å². The van der Waals surface area contributed by atoms with Crippen LogP contribution in [0, 0.1) is 0 Å². The van der Waals surface area contributed by atoms with E-state index in [0.29, 0.717) is 37.6 Å². The molecule has 1 amide bonds. The minimum atomic E-state index is -0.875. The molecule has 1 aliphatic rings. The molecule has 3 aromatic rings. The van der Waals surface area contributed by atoms with Crippen molar-refractivity contribution >= 4 is 22.6 Å². The van der Waals surface area contributed by atoms with Crippen LogP contribution in [0.2, 0.25) is 0 Å². The number of pyridine rings is 1. The number of nitrogens with one attached hydrogen (secondary N) is 2. The van der Waals surface area contributed by atoms with E-state index in [0.717, 1.165) is 16.7 Å². The first-order valence-corrected chi connectivity index (χ1v) is 8.23. The molecule has 7 nitrogen and oxygen atoms in total. The van der Waals surface area contributed by atoms with E-state index in [2.05, 4.69) is 20.3 Å². The lowest BCUT2D eigenvalue weighted by Crippen LogP contribution is -2.54. The molecule has 0 unspecified atom stereocenters. The number of amides is 1. The van der Waals surface area contributed by atoms with Crippen molar-refractivity contribution in [3.05, 3.63) is 42.6 Å². The van der Waals surface area contributed by atoms with Gasteiger partial charge in [0.15, 0.2) is 5.82 Å². The fourth-order valence-corrected chi connectivity index (χ4v) is 2.93. The fraction of sp³-hybridized carbons (Fsp3) is 0.278. The van der Waals surface area contributed by atoms with E-state index < -0.39 is 5.54 Å². The smallest absolute Gasteiger partial charge is 0.244 e. The average Bonchev–Trinajstić information content (AvgIpc) is 3.06. The highest BCUT2D eigenvalue weighted by Gasteiger charge is 2.35. The molecule has 0 radical (unpaired) electrons. The van der Waals surface area contributed by atoms with E-state index in [1.165, 1.54) is 0 Å². The summed E-state index contributed by atoms with van der Waals surface area (Å²) >= 11 is 0. The summed E-state index contributed by atoms with van der Waals surface area (Å²) in [4.78, 5) is 24.6. The third-order valence-electron chi connectivity index (χ3n) is 4.48. The molecule has 0 spiro atoms. The summed E-state index contributed by atoms with van der Waals surface area (Å²) in [6, 6.07) is 11.2. The number of anilines is 1. The van der Waals surface area contributed by atoms with Gasteiger partial charge in [0.25, 0.3) is 0 Å². The van der Waals surface area contributed by atoms with Crippen LogP contribution in [0.15, 0.2) is 42.6 Å². The van der Waals surface area contributed by atoms with Gasteiger partial charge in [0.1, 0.15) is 11.2 Å². The second-order valence-corrected chi connectivity index (χ2v) is 6.25. The molecule has 0 atom stereocenters. The first-order chi connectivity index (χ1) is 12.1. The summed E-state index contributed by atoms with van der Waals surface area (Å²) in [6.07, 6.45) is 2.77. The number of rotatable bonds is 3. The predicted molar refractivity (Wildman–Crippen MR) is 94.9 cm³/mol. The normalized spacial score (nSPS) is 16.7. The zero-order valence-electron chi connectivity index (χ0n) is 13.7. The Morgan fingerprint density at radius 3 is 2.84 bits per heavy atom. The number of ether oxygens (including phenoxy) is 1. The lowest BCUT2D eigenvalue weighted by atomic mass is 9.90. The molecular formula is C18H19N5O2. The van der Waals surface area contributed by atoms with Crippen LogP contribution in [0.3, 0.4) is 0 Å². The van der Waals surface area contributed by atoms with Crippen molar-refractivity contribution in [1.82, 2.24) is 15.0 Å². The molecule has 25 heavy (non-hydrogen) atoms. The second kappa shape index (κ2) is 6.27. The van der Waals surface area contributed by atoms with Crippen LogP contribution in [0.25, 0.3) is 22.6 Å². The van der Waals surface area contributed by atoms with E-state index in [1.54, 1.807) is 6.20 Å². The summed E-state index contributed by atoms with van der Waals surface area (Å²) < 4.78 is 5.29. The van der Waals surface area contributed by atoms with Crippen molar-refractivity contribution in [3.8, 4) is 11.5 Å². The first kappa shape index (κ1) is 15.7. The van der Waals surface area contributed by atoms with Gasteiger partial charge < -0.3 is 20.8 Å². The number of H-pyrrole nitrogens is 1. The number of hydrogen-bond acceptors (Lipinski definition) is 5. The lowest BCUT2D eigenvalue weighted by molar-refractivity contribution is -0.124. The molecule has 0 aliphatic carbocycles. The largest absolute Gasteiger partial charge is 0.381 e. The number of nitrogens with two attached hydrogens (primary N) is 1. The monoisotopic (exact) mass is 337 g/mol. The maximum atomic E-state index is 12.5. The minimum Gasteiger partial charge on any atom is -0.381 e. The van der Waals surface area contributed by atoms with E-state index in [9.17, 15) is 4.79 Å². The highest BCUT2D eigenvalue weighted by Crippen LogP contribution is 2.24. The van der Waals surface area contributed by atoms with Crippen molar-refractivity contribution in [1.29, 1.82) is 0 Å². The summed E-state index contributed by atoms with van der Waals surface area (Å²) in [6.45, 7) is 1.02. The predicted octanol–water partition coefficient (Wildman–Crippen LogP) is 2.07. The van der Waals surface area contributed by atoms with Gasteiger partial charge in [-0.3, -0.25) is 9.78 Å². The molecule has 1 fully saturated rings. The summed E-state index contributed by atoms with van der Waals surface area (Å²) in [7, 11) is 0. The van der Waals surface area contributed by atoms with Gasteiger partial charge in [-0.25, -0.2) is 4.98 Å². The van der Waals surface area contributed by atoms with E-state index in [-0.39, 0.29) is 5.91 Å². The highest BCUT2D eigenvalue weighted by atomic mass is 16.5. The van der Waals surface area contributed by atoms with E-state index in [4.69, 9.17) is 10.5 Å². The molecule has 1 saturated heterocycles. The van der Waals surface area contributed by atoms with Gasteiger partial charge in [-0.1, -0.05) is 6.07 Å². The van der Waals surface area contributed by atoms with Crippen LogP contribution in [0.5, 0.6) is 0 Å². The number of nitrogens with zero attached hydrogens (tertiary/aromatic N) is 2. The Morgan fingerprint density at radius 2 is 2.08 bits per heavy atom. The topological polar surface area (TPSA) is 106 Å². The van der Waals surface area contributed by atoms with Crippen molar-refractivity contribution in [3.63, 3.8) is 0 Å². The molecule has 4 rings (SSSR count). The van der Waals surface area contributed by atoms with Gasteiger partial charge in [-0.05, 0) is 43.2 Å². The summed E-state index contributed by atoms with van der Waals surface area (Å²) in [5, 5.41) is 2.91. The number of aromatic nitrogens is 3. The van der Waals surface area contributed by atoms with Gasteiger partial charge >= 0.3 is 0 Å². The van der Waals surface area contributed by atoms with Gasteiger partial charge in [-0.15, -0.1) is 0 Å². The molecule has 1 aliphatic heterocycles. The Balaban J connectivity index is 1.58. The lowest BCUT2D eigenvalue weighted by Gasteiger charge is -2.31. The molecule has 0 saturated carbocycles. The number of carbonyl (C=O) groups excluding carboxylic acids is 1. The number of benzene rings is 1. The SMILES string of the molecule is NC1(C(=O)Nc2ccc3nc(-c4ccccn4)[nH]c3c2)CCOCC1. The van der Waals surface area contributed by atoms with Crippen molar-refractivity contribution in [2.45, 2.75) is 18.4 Å². The van der Waals surface area contributed by atoms with E-state index in [1.807, 2.05) is 36.4 Å². The number of hydrogen-bond donors (Lipinski definition) is 3. The van der Waals surface area contributed by atoms with E-state index >= 15 is 0 Å². The number of imidazole rings is 1. The third kappa shape index (κ3) is 3.11. The van der Waals surface area contributed by atoms with Crippen LogP contribution in [0.1, 0.15) is 12.8 Å². The number of aromatic amines is 1. The molecule has 4 N–H and O–H groups in total. The van der Waals surface area contributed by atoms with Crippen LogP contribution in [-0.2, 0) is 9.53 Å². The van der Waals surface area contributed by atoms with Crippen LogP contribution < -0.4 is 11.1 Å². The molecule has 7 heteroatoms. The zero-order valence-corrected chi connectivity index (χ0v) is 13.7. The Labute approximate surface area is 144 Å². The summed E-state index contributed by atoms with van der Waals surface area (Å²) in [5.74, 6) is 0.512. The summed E-state index contributed by atoms with van der Waals surface area (Å²) in [5.41, 5.74) is 8.45. The molecule has 128 valence electrons. The van der Waals surface area contributed by atoms with Crippen LogP contribution in [-0.4, -0.2) is 39.6 Å². The maximum absolute atomic E-state index is 12.5. The standard InChI is InChI=1S/C18H19N5O2/c19-18(6-9-25-10-7-18)17(24)21-12-4-5-13-15(11-12)23-16(22-13)14-3-1-2-8-20-14/h1-5,8,11H,6-7,9-10,19H2,(H,21,24)(H,22,23). The molecule has 1 aromatic carbocycles. The van der Waals surface area contributed by atoms with Gasteiger partial charge in [0.2, 0.25) is 5.91 Å². The van der Waals surface area contributed by atoms with Crippen molar-refractivity contribution in [2.24, 2.45) is 5.73 Å². The Bertz CT molecular complexity index is 900. The zero-order chi connectivity index (χ0) is 17.3. The highest BCUT2D eigenvalue weighted by molar-refractivity contribution is 5.99. The molecule has 2 aromatic heterocycles. The van der Waals surface area contributed by atoms with Crippen LogP contribution in [0.4, 0.5) is 5.69 Å². The number of carbonyl (C=O) groups is 1. The number of fused-ring (bicyclic) bond motifs is 1. The van der Waals surface area contributed by atoms with Gasteiger partial charge in [-0.2, -0.15) is 0 Å². The fourth-order valence-electron chi connectivity index (χ4n) is 2.93. The van der Waals surface area contributed by atoms with Gasteiger partial charge in [0, 0.05) is 25.1 Å². The Kier molecular flexibility index (Phi) is 3.95. The molecular weight excluding hydrogens is 318 g/mol. The maximum Gasteiger partial charge on any atom is 0.244 e. The van der Waals surface area contributed by atoms with Gasteiger partial charge in [0.05, 0.1) is 11.0 Å².